The fourth-order valence-corrected chi connectivity index (χ4v) is 2.77. The largest absolute Gasteiger partial charge is 0.269 e. The van der Waals surface area contributed by atoms with Crippen LogP contribution in [0.2, 0.25) is 0 Å². The first-order valence-electron chi connectivity index (χ1n) is 6.85. The number of benzene rings is 1. The first-order chi connectivity index (χ1) is 9.22. The lowest BCUT2D eigenvalue weighted by Gasteiger charge is -2.05. The van der Waals surface area contributed by atoms with Gasteiger partial charge >= 0.3 is 0 Å². The summed E-state index contributed by atoms with van der Waals surface area (Å²) in [5.74, 6) is 0.557. The van der Waals surface area contributed by atoms with Crippen molar-refractivity contribution in [3.63, 3.8) is 0 Å². The fourth-order valence-electron chi connectivity index (χ4n) is 2.38. The Balaban J connectivity index is 1.83. The minimum atomic E-state index is 0.557. The zero-order valence-electron chi connectivity index (χ0n) is 11.7. The fraction of sp³-hybridized carbons (Fsp3) is 0.438. The molecular weight excluding hydrogens is 256 g/mol. The number of unbranched alkanes of at least 4 members (excludes halogenated alkanes) is 1. The van der Waals surface area contributed by atoms with E-state index in [-0.39, 0.29) is 0 Å². The van der Waals surface area contributed by atoms with Crippen LogP contribution in [0, 0.1) is 13.8 Å². The van der Waals surface area contributed by atoms with E-state index in [1.54, 1.807) is 0 Å². The average Bonchev–Trinajstić information content (AvgIpc) is 2.70. The van der Waals surface area contributed by atoms with E-state index in [1.807, 2.05) is 6.92 Å². The normalized spacial score (nSPS) is 10.9. The van der Waals surface area contributed by atoms with Crippen LogP contribution in [-0.2, 0) is 18.8 Å². The smallest absolute Gasteiger partial charge is 0.0640 e. The molecule has 1 aromatic heterocycles. The highest BCUT2D eigenvalue weighted by Gasteiger charge is 2.09. The molecule has 0 aliphatic rings. The quantitative estimate of drug-likeness (QED) is 0.569. The van der Waals surface area contributed by atoms with Gasteiger partial charge in [-0.2, -0.15) is 5.10 Å². The molecule has 102 valence electrons. The predicted octanol–water partition coefficient (Wildman–Crippen LogP) is 4.26. The number of aromatic nitrogens is 2. The first kappa shape index (κ1) is 14.1. The third-order valence-corrected chi connectivity index (χ3v) is 3.86. The number of hydrogen-bond donors (Lipinski definition) is 0. The average molecular weight is 277 g/mol. The molecule has 0 bridgehead atoms. The van der Waals surface area contributed by atoms with Crippen molar-refractivity contribution in [2.45, 2.75) is 45.5 Å². The van der Waals surface area contributed by atoms with Gasteiger partial charge in [0.1, 0.15) is 0 Å². The molecule has 0 unspecified atom stereocenters. The van der Waals surface area contributed by atoms with Gasteiger partial charge in [-0.1, -0.05) is 30.3 Å². The third kappa shape index (κ3) is 3.60. The van der Waals surface area contributed by atoms with Gasteiger partial charge in [0.2, 0.25) is 0 Å². The zero-order valence-corrected chi connectivity index (χ0v) is 12.5. The molecule has 0 atom stereocenters. The van der Waals surface area contributed by atoms with Gasteiger partial charge < -0.3 is 0 Å². The Morgan fingerprint density at radius 2 is 1.84 bits per heavy atom. The number of hydrogen-bond acceptors (Lipinski definition) is 1. The van der Waals surface area contributed by atoms with E-state index in [1.165, 1.54) is 23.2 Å². The van der Waals surface area contributed by atoms with Crippen molar-refractivity contribution in [2.75, 3.05) is 0 Å². The molecule has 1 heterocycles. The topological polar surface area (TPSA) is 17.8 Å². The van der Waals surface area contributed by atoms with Gasteiger partial charge in [0, 0.05) is 17.8 Å². The number of nitrogens with zero attached hydrogens (tertiary/aromatic N) is 2. The number of rotatable bonds is 6. The van der Waals surface area contributed by atoms with Crippen LogP contribution in [0.3, 0.4) is 0 Å². The molecule has 19 heavy (non-hydrogen) atoms. The Kier molecular flexibility index (Phi) is 5.03. The standard InChI is InChI=1S/C16H21ClN2/c1-13-16(12-17)14(2)19(18-13)11-7-6-10-15-8-4-3-5-9-15/h3-5,8-9H,6-7,10-12H2,1-2H3. The second kappa shape index (κ2) is 6.76. The lowest BCUT2D eigenvalue weighted by atomic mass is 10.1. The van der Waals surface area contributed by atoms with Crippen LogP contribution in [0.1, 0.15) is 35.4 Å². The van der Waals surface area contributed by atoms with E-state index in [4.69, 9.17) is 11.6 Å². The van der Waals surface area contributed by atoms with Crippen LogP contribution in [0.15, 0.2) is 30.3 Å². The number of alkyl halides is 1. The zero-order chi connectivity index (χ0) is 13.7. The predicted molar refractivity (Wildman–Crippen MR) is 80.6 cm³/mol. The lowest BCUT2D eigenvalue weighted by molar-refractivity contribution is 0.543. The van der Waals surface area contributed by atoms with Crippen LogP contribution in [0.5, 0.6) is 0 Å². The van der Waals surface area contributed by atoms with Gasteiger partial charge in [0.15, 0.2) is 0 Å². The SMILES string of the molecule is Cc1nn(CCCCc2ccccc2)c(C)c1CCl. The van der Waals surface area contributed by atoms with Gasteiger partial charge in [-0.3, -0.25) is 4.68 Å². The van der Waals surface area contributed by atoms with Crippen LogP contribution in [0.4, 0.5) is 0 Å². The van der Waals surface area contributed by atoms with Gasteiger partial charge in [0.05, 0.1) is 11.6 Å². The van der Waals surface area contributed by atoms with Crippen molar-refractivity contribution in [1.82, 2.24) is 9.78 Å². The number of aryl methyl sites for hydroxylation is 3. The molecule has 0 radical (unpaired) electrons. The van der Waals surface area contributed by atoms with Crippen molar-refractivity contribution < 1.29 is 0 Å². The van der Waals surface area contributed by atoms with Crippen molar-refractivity contribution in [3.8, 4) is 0 Å². The summed E-state index contributed by atoms with van der Waals surface area (Å²) in [4.78, 5) is 0. The summed E-state index contributed by atoms with van der Waals surface area (Å²) in [6.45, 7) is 5.12. The molecule has 3 heteroatoms. The van der Waals surface area contributed by atoms with Gasteiger partial charge in [-0.25, -0.2) is 0 Å². The van der Waals surface area contributed by atoms with E-state index < -0.39 is 0 Å². The molecule has 0 spiro atoms. The van der Waals surface area contributed by atoms with E-state index in [9.17, 15) is 0 Å². The molecule has 0 fully saturated rings. The maximum atomic E-state index is 5.94. The Hall–Kier alpha value is -1.28. The maximum absolute atomic E-state index is 5.94. The molecule has 1 aromatic carbocycles. The minimum Gasteiger partial charge on any atom is -0.269 e. The molecule has 0 saturated carbocycles. The molecular formula is C16H21ClN2. The highest BCUT2D eigenvalue weighted by molar-refractivity contribution is 6.17. The summed E-state index contributed by atoms with van der Waals surface area (Å²) in [5, 5.41) is 4.56. The minimum absolute atomic E-state index is 0.557. The Bertz CT molecular complexity index is 517. The Labute approximate surface area is 120 Å². The Morgan fingerprint density at radius 3 is 2.47 bits per heavy atom. The molecule has 2 aromatic rings. The monoisotopic (exact) mass is 276 g/mol. The van der Waals surface area contributed by atoms with E-state index in [0.29, 0.717) is 5.88 Å². The summed E-state index contributed by atoms with van der Waals surface area (Å²) in [6.07, 6.45) is 3.49. The molecule has 0 aliphatic carbocycles. The lowest BCUT2D eigenvalue weighted by Crippen LogP contribution is -2.03. The van der Waals surface area contributed by atoms with E-state index in [0.717, 1.165) is 25.1 Å². The highest BCUT2D eigenvalue weighted by Crippen LogP contribution is 2.16. The van der Waals surface area contributed by atoms with Crippen molar-refractivity contribution in [1.29, 1.82) is 0 Å². The first-order valence-corrected chi connectivity index (χ1v) is 7.38. The molecule has 0 saturated heterocycles. The van der Waals surface area contributed by atoms with E-state index >= 15 is 0 Å². The molecule has 2 nitrogen and oxygen atoms in total. The second-order valence-corrected chi connectivity index (χ2v) is 5.22. The molecule has 0 amide bonds. The van der Waals surface area contributed by atoms with Crippen LogP contribution in [-0.4, -0.2) is 9.78 Å². The van der Waals surface area contributed by atoms with Gasteiger partial charge in [-0.15, -0.1) is 11.6 Å². The third-order valence-electron chi connectivity index (χ3n) is 3.59. The van der Waals surface area contributed by atoms with Crippen molar-refractivity contribution in [2.24, 2.45) is 0 Å². The van der Waals surface area contributed by atoms with Gasteiger partial charge in [-0.05, 0) is 38.7 Å². The maximum Gasteiger partial charge on any atom is 0.0640 e. The molecule has 0 N–H and O–H groups in total. The van der Waals surface area contributed by atoms with Crippen LogP contribution >= 0.6 is 11.6 Å². The Morgan fingerprint density at radius 1 is 1.11 bits per heavy atom. The van der Waals surface area contributed by atoms with Crippen LogP contribution < -0.4 is 0 Å². The summed E-state index contributed by atoms with van der Waals surface area (Å²) in [5.41, 5.74) is 4.88. The summed E-state index contributed by atoms with van der Waals surface area (Å²) in [7, 11) is 0. The highest BCUT2D eigenvalue weighted by atomic mass is 35.5. The summed E-state index contributed by atoms with van der Waals surface area (Å²) >= 11 is 5.94. The van der Waals surface area contributed by atoms with Crippen molar-refractivity contribution >= 4 is 11.6 Å². The summed E-state index contributed by atoms with van der Waals surface area (Å²) < 4.78 is 2.10. The molecule has 2 rings (SSSR count). The summed E-state index contributed by atoms with van der Waals surface area (Å²) in [6, 6.07) is 10.6. The van der Waals surface area contributed by atoms with E-state index in [2.05, 4.69) is 47.0 Å². The number of halogens is 1. The van der Waals surface area contributed by atoms with Gasteiger partial charge in [0.25, 0.3) is 0 Å². The molecule has 0 aliphatic heterocycles. The van der Waals surface area contributed by atoms with Crippen LogP contribution in [0.25, 0.3) is 0 Å². The van der Waals surface area contributed by atoms with Crippen molar-refractivity contribution in [3.05, 3.63) is 52.8 Å². The second-order valence-electron chi connectivity index (χ2n) is 4.95.